The molecule has 0 N–H and O–H groups in total. The number of alkyl halides is 9. The van der Waals surface area contributed by atoms with Gasteiger partial charge < -0.3 is 0 Å². The number of aromatic nitrogens is 1. The zero-order valence-corrected chi connectivity index (χ0v) is 64.0. The molecule has 0 atom stereocenters. The predicted octanol–water partition coefficient (Wildman–Crippen LogP) is 31.8. The average molecular weight is 1580 g/mol. The van der Waals surface area contributed by atoms with Gasteiger partial charge in [0.1, 0.15) is 23.3 Å². The number of hydrogen-bond acceptors (Lipinski definition) is 1. The summed E-state index contributed by atoms with van der Waals surface area (Å²) in [6.07, 6.45) is 5.19. The maximum Gasteiger partial charge on any atom is 0.416 e. The van der Waals surface area contributed by atoms with Gasteiger partial charge in [0, 0.05) is 38.0 Å². The Morgan fingerprint density at radius 2 is 0.685 bits per heavy atom. The minimum Gasteiger partial charge on any atom is -0.257 e. The lowest BCUT2D eigenvalue weighted by Crippen LogP contribution is -2.11. The van der Waals surface area contributed by atoms with Gasteiger partial charge in [0.05, 0.1) is 22.4 Å². The Bertz CT molecular complexity index is 4480. The zero-order chi connectivity index (χ0) is 83.7. The molecule has 11 rings (SSSR count). The first-order valence-corrected chi connectivity index (χ1v) is 34.2. The van der Waals surface area contributed by atoms with E-state index in [1.54, 1.807) is 85.1 Å². The molecule has 578 valence electrons. The number of benzene rings is 10. The van der Waals surface area contributed by atoms with Crippen LogP contribution >= 0.6 is 34.8 Å². The number of aryl methyl sites for hydroxylation is 4. The third-order valence-corrected chi connectivity index (χ3v) is 15.1. The minimum absolute atomic E-state index is 0.0671. The normalized spacial score (nSPS) is 9.84. The van der Waals surface area contributed by atoms with E-state index < -0.39 is 46.9 Å². The molecule has 111 heavy (non-hydrogen) atoms. The molecule has 0 radical (unpaired) electrons. The summed E-state index contributed by atoms with van der Waals surface area (Å²) in [5.74, 6) is -1.58. The zero-order valence-electron chi connectivity index (χ0n) is 61.7. The highest BCUT2D eigenvalue weighted by Gasteiger charge is 2.36. The van der Waals surface area contributed by atoms with Gasteiger partial charge >= 0.3 is 18.5 Å². The summed E-state index contributed by atoms with van der Waals surface area (Å²) in [6.45, 7) is 47.0. The predicted molar refractivity (Wildman–Crippen MR) is 448 cm³/mol. The Kier molecular flexibility index (Phi) is 46.1. The second-order valence-electron chi connectivity index (χ2n) is 22.5. The smallest absolute Gasteiger partial charge is 0.257 e. The van der Waals surface area contributed by atoms with Gasteiger partial charge in [-0.25, -0.2) is 17.6 Å². The number of halogens is 16. The van der Waals surface area contributed by atoms with Crippen LogP contribution in [0.4, 0.5) is 57.1 Å². The van der Waals surface area contributed by atoms with Crippen LogP contribution in [0.2, 0.25) is 15.1 Å². The Labute approximate surface area is 659 Å². The molecule has 1 nitrogen and oxygen atoms in total. The second-order valence-corrected chi connectivity index (χ2v) is 23.7. The maximum atomic E-state index is 12.5. The van der Waals surface area contributed by atoms with E-state index in [9.17, 15) is 57.1 Å². The molecule has 0 amide bonds. The van der Waals surface area contributed by atoms with Gasteiger partial charge in [-0.2, -0.15) is 39.5 Å². The van der Waals surface area contributed by atoms with E-state index in [0.29, 0.717) is 33.3 Å². The summed E-state index contributed by atoms with van der Waals surface area (Å²) in [7, 11) is 0. The largest absolute Gasteiger partial charge is 0.416 e. The minimum atomic E-state index is -4.81. The van der Waals surface area contributed by atoms with Crippen molar-refractivity contribution in [3.63, 3.8) is 0 Å². The molecule has 0 saturated heterocycles. The van der Waals surface area contributed by atoms with E-state index in [1.165, 1.54) is 93.6 Å². The van der Waals surface area contributed by atoms with Gasteiger partial charge in [-0.1, -0.05) is 319 Å². The maximum absolute atomic E-state index is 12.5. The van der Waals surface area contributed by atoms with Crippen LogP contribution in [-0.2, 0) is 18.5 Å². The molecule has 11 aromatic rings. The van der Waals surface area contributed by atoms with Crippen LogP contribution in [0.25, 0.3) is 66.8 Å². The van der Waals surface area contributed by atoms with Crippen molar-refractivity contribution in [1.82, 2.24) is 4.98 Å². The topological polar surface area (TPSA) is 12.9 Å². The van der Waals surface area contributed by atoms with Gasteiger partial charge in [-0.15, -0.1) is 0 Å². The third kappa shape index (κ3) is 39.9. The molecule has 1 aromatic heterocycles. The molecule has 1 heterocycles. The molecule has 0 bridgehead atoms. The fourth-order valence-corrected chi connectivity index (χ4v) is 9.31. The summed E-state index contributed by atoms with van der Waals surface area (Å²) < 4.78 is 160. The van der Waals surface area contributed by atoms with Gasteiger partial charge in [-0.05, 0) is 181 Å². The summed E-state index contributed by atoms with van der Waals surface area (Å²) in [6, 6.07) is 64.2. The molecule has 0 aliphatic heterocycles. The lowest BCUT2D eigenvalue weighted by Gasteiger charge is -2.12. The van der Waals surface area contributed by atoms with Crippen molar-refractivity contribution in [1.29, 1.82) is 0 Å². The molecular formula is C94H85Cl3F13N. The van der Waals surface area contributed by atoms with Crippen LogP contribution in [0.3, 0.4) is 0 Å². The van der Waals surface area contributed by atoms with Crippen molar-refractivity contribution < 1.29 is 57.1 Å². The molecule has 0 unspecified atom stereocenters. The van der Waals surface area contributed by atoms with Crippen LogP contribution in [0, 0.1) is 51.0 Å². The third-order valence-electron chi connectivity index (χ3n) is 14.2. The Hall–Kier alpha value is -11.6. The summed E-state index contributed by atoms with van der Waals surface area (Å²) in [4.78, 5) is 3.98. The SMILES string of the molecule is C=Cc1c(C)cc(C)cc1C.C=Cc1c(Cl)cccc1Cl.C=Cc1c(F)cccc1F.C=Cc1cc(C(F)(F)F)cc(C(F)(F)F)c1.C=Cc1ccc(C)cc1.C=Cc1cccc(C(F)(F)F)c1.C=Cc1cccc(Cl)c1.C=Cc1cccc(F)c1.C=Cc1ccccc1.C=Cc1ccccc1F.C=Cc1ccccn1. The van der Waals surface area contributed by atoms with Crippen molar-refractivity contribution in [2.45, 2.75) is 46.2 Å². The highest BCUT2D eigenvalue weighted by atomic mass is 35.5. The fourth-order valence-electron chi connectivity index (χ4n) is 8.56. The van der Waals surface area contributed by atoms with Crippen molar-refractivity contribution in [3.8, 4) is 0 Å². The summed E-state index contributed by atoms with van der Waals surface area (Å²) in [5, 5.41) is 2.04. The van der Waals surface area contributed by atoms with Gasteiger partial charge in [0.25, 0.3) is 0 Å². The molecule has 0 aliphatic carbocycles. The molecule has 0 spiro atoms. The van der Waals surface area contributed by atoms with E-state index in [2.05, 4.69) is 141 Å². The first-order chi connectivity index (χ1) is 52.5. The lowest BCUT2D eigenvalue weighted by molar-refractivity contribution is -0.143. The number of nitrogens with zero attached hydrogens (tertiary/aromatic N) is 1. The van der Waals surface area contributed by atoms with Gasteiger partial charge in [0.2, 0.25) is 0 Å². The van der Waals surface area contributed by atoms with Crippen LogP contribution < -0.4 is 0 Å². The molecule has 10 aromatic carbocycles. The Balaban J connectivity index is 0.000000614. The van der Waals surface area contributed by atoms with Crippen molar-refractivity contribution >= 4 is 102 Å². The average Bonchev–Trinajstić information content (AvgIpc) is 0.626. The monoisotopic (exact) mass is 1580 g/mol. The molecule has 0 aliphatic rings. The quantitative estimate of drug-likeness (QED) is 0.118. The van der Waals surface area contributed by atoms with Crippen molar-refractivity contribution in [2.24, 2.45) is 0 Å². The first kappa shape index (κ1) is 97.5. The van der Waals surface area contributed by atoms with Crippen LogP contribution in [0.15, 0.2) is 315 Å². The van der Waals surface area contributed by atoms with Gasteiger partial charge in [0.15, 0.2) is 0 Å². The van der Waals surface area contributed by atoms with Gasteiger partial charge in [-0.3, -0.25) is 4.98 Å². The number of hydrogen-bond donors (Lipinski definition) is 0. The van der Waals surface area contributed by atoms with E-state index in [-0.39, 0.29) is 28.8 Å². The van der Waals surface area contributed by atoms with Crippen LogP contribution in [-0.4, -0.2) is 4.98 Å². The molecule has 17 heteroatoms. The summed E-state index contributed by atoms with van der Waals surface area (Å²) >= 11 is 17.2. The standard InChI is InChI=1S/C11H14.C10H6F6.C9H7F3.C9H10.C8H6Cl2.C8H7Cl.C8H6F2.2C8H7F.C8H8.C7H7N/c1-5-11-9(3)6-8(2)7-10(11)4;1-2-6-3-7(9(11,12)13)5-8(4-6)10(14,15)16;1-2-7-4-3-5-8(6-7)9(10,11)12;1-3-9-6-4-8(2)5-7-9;1-2-6-7(9)4-3-5-8(6)10;1-2-7-4-3-5-8(9)6-7;1-2-6-7(9)4-3-5-8(6)10;1-2-7-4-3-5-8(9)6-7;1-2-7-5-3-4-6-8(7)9;1-2-8-6-4-3-5-7-8;1-2-7-5-3-4-6-8-7/h5-7H,1H2,2-4H3;2-5H,1H2;2-6H,1H2;3-7H,1H2,2H3;2-5H,1H2;2-6H,1H2;2-5H,1H2;2*2-6H,1H2;2-7H,1H2;2-6H,1H2. The number of rotatable bonds is 11. The first-order valence-electron chi connectivity index (χ1n) is 33.1. The highest BCUT2D eigenvalue weighted by Crippen LogP contribution is 2.37. The van der Waals surface area contributed by atoms with E-state index in [1.807, 2.05) is 91.0 Å². The number of pyridine rings is 1. The lowest BCUT2D eigenvalue weighted by atomic mass is 10.0. The van der Waals surface area contributed by atoms with E-state index in [0.717, 1.165) is 51.7 Å². The van der Waals surface area contributed by atoms with E-state index >= 15 is 0 Å². The summed E-state index contributed by atoms with van der Waals surface area (Å²) in [5.41, 5.74) is 9.90. The Morgan fingerprint density at radius 3 is 1.05 bits per heavy atom. The molecule has 0 fully saturated rings. The molecule has 0 saturated carbocycles. The van der Waals surface area contributed by atoms with E-state index in [4.69, 9.17) is 34.8 Å². The fraction of sp³-hybridized carbons (Fsp3) is 0.0745. The van der Waals surface area contributed by atoms with Crippen LogP contribution in [0.5, 0.6) is 0 Å². The highest BCUT2D eigenvalue weighted by molar-refractivity contribution is 6.37. The molecular weight excluding hydrogens is 1500 g/mol. The van der Waals surface area contributed by atoms with Crippen molar-refractivity contribution in [3.05, 3.63) is 454 Å². The second kappa shape index (κ2) is 52.5. The van der Waals surface area contributed by atoms with Crippen molar-refractivity contribution in [2.75, 3.05) is 0 Å². The van der Waals surface area contributed by atoms with Crippen LogP contribution in [0.1, 0.15) is 100 Å². The Morgan fingerprint density at radius 1 is 0.288 bits per heavy atom.